The van der Waals surface area contributed by atoms with E-state index in [0.29, 0.717) is 5.56 Å². The number of carbonyl (C=O) groups excluding carboxylic acids is 1. The van der Waals surface area contributed by atoms with E-state index in [0.717, 1.165) is 60.1 Å². The average Bonchev–Trinajstić information content (AvgIpc) is 2.86. The molecule has 3 aromatic rings. The van der Waals surface area contributed by atoms with Crippen molar-refractivity contribution < 1.29 is 4.79 Å². The van der Waals surface area contributed by atoms with E-state index in [2.05, 4.69) is 72.4 Å². The average molecular weight is 477 g/mol. The largest absolute Gasteiger partial charge is 0.350 e. The number of hydrogen-bond donors (Lipinski definition) is 1. The topological polar surface area (TPSA) is 58.1 Å². The highest BCUT2D eigenvalue weighted by Crippen LogP contribution is 2.23. The molecule has 0 spiro atoms. The first-order chi connectivity index (χ1) is 16.5. The maximum absolute atomic E-state index is 12.6. The highest BCUT2D eigenvalue weighted by Gasteiger charge is 2.11. The van der Waals surface area contributed by atoms with E-state index < -0.39 is 0 Å². The second-order valence-electron chi connectivity index (χ2n) is 8.65. The molecule has 1 atom stereocenters. The highest BCUT2D eigenvalue weighted by atomic mass is 32.2. The minimum atomic E-state index is -0.00731. The molecule has 6 heteroatoms. The Morgan fingerprint density at radius 1 is 0.971 bits per heavy atom. The van der Waals surface area contributed by atoms with Gasteiger partial charge in [-0.1, -0.05) is 67.6 Å². The van der Waals surface area contributed by atoms with Gasteiger partial charge in [0.25, 0.3) is 5.91 Å². The van der Waals surface area contributed by atoms with Crippen LogP contribution in [0.3, 0.4) is 0 Å². The molecule has 1 unspecified atom stereocenters. The Morgan fingerprint density at radius 3 is 2.29 bits per heavy atom. The van der Waals surface area contributed by atoms with Gasteiger partial charge in [-0.05, 0) is 76.2 Å². The molecule has 0 saturated heterocycles. The molecule has 2 aromatic carbocycles. The van der Waals surface area contributed by atoms with Crippen LogP contribution in [0.5, 0.6) is 0 Å². The fourth-order valence-corrected chi connectivity index (χ4v) is 4.49. The molecule has 1 N–H and O–H groups in total. The van der Waals surface area contributed by atoms with Crippen LogP contribution in [0.1, 0.15) is 55.1 Å². The summed E-state index contributed by atoms with van der Waals surface area (Å²) in [6.07, 6.45) is 2.08. The summed E-state index contributed by atoms with van der Waals surface area (Å²) in [6.45, 7) is 11.8. The monoisotopic (exact) mass is 476 g/mol. The third kappa shape index (κ3) is 7.96. The molecule has 0 bridgehead atoms. The Hall–Kier alpha value is -2.70. The van der Waals surface area contributed by atoms with Gasteiger partial charge in [0.05, 0.1) is 5.69 Å². The van der Waals surface area contributed by atoms with Gasteiger partial charge in [-0.15, -0.1) is 10.2 Å². The van der Waals surface area contributed by atoms with Crippen LogP contribution in [0, 0.1) is 6.92 Å². The van der Waals surface area contributed by atoms with E-state index >= 15 is 0 Å². The Labute approximate surface area is 208 Å². The zero-order valence-electron chi connectivity index (χ0n) is 20.8. The van der Waals surface area contributed by atoms with E-state index in [4.69, 9.17) is 0 Å². The van der Waals surface area contributed by atoms with Gasteiger partial charge in [0.15, 0.2) is 0 Å². The minimum absolute atomic E-state index is 0.00731. The number of thioether (sulfide) groups is 1. The zero-order valence-corrected chi connectivity index (χ0v) is 21.6. The Balaban J connectivity index is 1.45. The normalized spacial score (nSPS) is 12.0. The summed E-state index contributed by atoms with van der Waals surface area (Å²) in [6, 6.07) is 20.3. The van der Waals surface area contributed by atoms with Crippen LogP contribution in [-0.4, -0.2) is 46.7 Å². The van der Waals surface area contributed by atoms with Crippen molar-refractivity contribution >= 4 is 17.7 Å². The third-order valence-electron chi connectivity index (χ3n) is 5.97. The van der Waals surface area contributed by atoms with Gasteiger partial charge >= 0.3 is 0 Å². The third-order valence-corrected chi connectivity index (χ3v) is 6.96. The number of nitrogens with one attached hydrogen (secondary N) is 1. The fourth-order valence-electron chi connectivity index (χ4n) is 3.73. The molecule has 1 heterocycles. The van der Waals surface area contributed by atoms with Crippen molar-refractivity contribution in [3.8, 4) is 11.3 Å². The van der Waals surface area contributed by atoms with Gasteiger partial charge in [-0.2, -0.15) is 0 Å². The first-order valence-corrected chi connectivity index (χ1v) is 13.1. The summed E-state index contributed by atoms with van der Waals surface area (Å²) in [7, 11) is 0. The lowest BCUT2D eigenvalue weighted by molar-refractivity contribution is 0.0937. The van der Waals surface area contributed by atoms with Crippen LogP contribution in [0.15, 0.2) is 65.7 Å². The summed E-state index contributed by atoms with van der Waals surface area (Å²) in [5, 5.41) is 12.7. The number of rotatable bonds is 12. The summed E-state index contributed by atoms with van der Waals surface area (Å²) in [4.78, 5) is 15.0. The van der Waals surface area contributed by atoms with Gasteiger partial charge in [0.2, 0.25) is 0 Å². The molecule has 1 aromatic heterocycles. The molecule has 1 amide bonds. The Kier molecular flexibility index (Phi) is 10.1. The first kappa shape index (κ1) is 25.9. The van der Waals surface area contributed by atoms with Crippen molar-refractivity contribution in [3.05, 3.63) is 77.4 Å². The molecule has 0 aliphatic rings. The second kappa shape index (κ2) is 13.3. The highest BCUT2D eigenvalue weighted by molar-refractivity contribution is 7.98. The van der Waals surface area contributed by atoms with Crippen molar-refractivity contribution in [1.29, 1.82) is 0 Å². The predicted octanol–water partition coefficient (Wildman–Crippen LogP) is 5.98. The molecule has 34 heavy (non-hydrogen) atoms. The van der Waals surface area contributed by atoms with Crippen molar-refractivity contribution in [3.63, 3.8) is 0 Å². The Bertz CT molecular complexity index is 1020. The molecule has 3 rings (SSSR count). The summed E-state index contributed by atoms with van der Waals surface area (Å²) >= 11 is 1.64. The van der Waals surface area contributed by atoms with Crippen LogP contribution in [0.4, 0.5) is 0 Å². The van der Waals surface area contributed by atoms with Crippen LogP contribution in [0.2, 0.25) is 0 Å². The van der Waals surface area contributed by atoms with E-state index in [1.807, 2.05) is 36.4 Å². The maximum atomic E-state index is 12.6. The van der Waals surface area contributed by atoms with Crippen LogP contribution < -0.4 is 5.32 Å². The SMILES string of the molecule is CCN(CC)CCCC(C)NC(=O)c1ccc(CSc2ccc(-c3ccc(C)cc3)nn2)cc1. The number of aryl methyl sites for hydroxylation is 1. The van der Waals surface area contributed by atoms with E-state index in [9.17, 15) is 4.79 Å². The van der Waals surface area contributed by atoms with Gasteiger partial charge in [0, 0.05) is 22.9 Å². The molecule has 5 nitrogen and oxygen atoms in total. The van der Waals surface area contributed by atoms with Crippen molar-refractivity contribution in [2.24, 2.45) is 0 Å². The molecule has 180 valence electrons. The lowest BCUT2D eigenvalue weighted by atomic mass is 10.1. The van der Waals surface area contributed by atoms with Gasteiger partial charge in [-0.25, -0.2) is 0 Å². The van der Waals surface area contributed by atoms with Crippen molar-refractivity contribution in [2.45, 2.75) is 57.4 Å². The lowest BCUT2D eigenvalue weighted by Crippen LogP contribution is -2.33. The molecular formula is C28H36N4OS. The minimum Gasteiger partial charge on any atom is -0.350 e. The second-order valence-corrected chi connectivity index (χ2v) is 9.65. The number of nitrogens with zero attached hydrogens (tertiary/aromatic N) is 3. The number of hydrogen-bond acceptors (Lipinski definition) is 5. The number of aromatic nitrogens is 2. The van der Waals surface area contributed by atoms with E-state index in [1.54, 1.807) is 11.8 Å². The summed E-state index contributed by atoms with van der Waals surface area (Å²) in [5.74, 6) is 0.773. The summed E-state index contributed by atoms with van der Waals surface area (Å²) in [5.41, 5.74) is 5.03. The van der Waals surface area contributed by atoms with Gasteiger partial charge in [0.1, 0.15) is 5.03 Å². The smallest absolute Gasteiger partial charge is 0.251 e. The molecule has 0 aliphatic carbocycles. The zero-order chi connectivity index (χ0) is 24.3. The quantitative estimate of drug-likeness (QED) is 0.326. The number of carbonyl (C=O) groups is 1. The predicted molar refractivity (Wildman–Crippen MR) is 142 cm³/mol. The van der Waals surface area contributed by atoms with E-state index in [1.165, 1.54) is 5.56 Å². The van der Waals surface area contributed by atoms with Crippen molar-refractivity contribution in [2.75, 3.05) is 19.6 Å². The molecule has 0 fully saturated rings. The summed E-state index contributed by atoms with van der Waals surface area (Å²) < 4.78 is 0. The standard InChI is InChI=1S/C28H36N4OS/c1-5-32(6-2)19-7-8-22(4)29-28(33)25-15-11-23(12-16-25)20-34-27-18-17-26(30-31-27)24-13-9-21(3)10-14-24/h9-18,22H,5-8,19-20H2,1-4H3,(H,29,33). The first-order valence-electron chi connectivity index (χ1n) is 12.1. The number of amides is 1. The molecule has 0 radical (unpaired) electrons. The van der Waals surface area contributed by atoms with Crippen LogP contribution in [-0.2, 0) is 5.75 Å². The lowest BCUT2D eigenvalue weighted by Gasteiger charge is -2.19. The van der Waals surface area contributed by atoms with Crippen molar-refractivity contribution in [1.82, 2.24) is 20.4 Å². The molecule has 0 saturated carbocycles. The van der Waals surface area contributed by atoms with E-state index in [-0.39, 0.29) is 11.9 Å². The van der Waals surface area contributed by atoms with Crippen LogP contribution in [0.25, 0.3) is 11.3 Å². The number of benzene rings is 2. The maximum Gasteiger partial charge on any atom is 0.251 e. The van der Waals surface area contributed by atoms with Gasteiger partial charge in [-0.3, -0.25) is 4.79 Å². The molecule has 0 aliphatic heterocycles. The fraction of sp³-hybridized carbons (Fsp3) is 0.393. The van der Waals surface area contributed by atoms with Gasteiger partial charge < -0.3 is 10.2 Å². The molecular weight excluding hydrogens is 440 g/mol. The van der Waals surface area contributed by atoms with Crippen LogP contribution >= 0.6 is 11.8 Å². The Morgan fingerprint density at radius 2 is 1.68 bits per heavy atom.